The van der Waals surface area contributed by atoms with Crippen molar-refractivity contribution < 1.29 is 27.5 Å². The Hall–Kier alpha value is -2.27. The van der Waals surface area contributed by atoms with Gasteiger partial charge in [-0.25, -0.2) is 13.2 Å². The van der Waals surface area contributed by atoms with Gasteiger partial charge in [-0.1, -0.05) is 30.3 Å². The van der Waals surface area contributed by atoms with Gasteiger partial charge < -0.3 is 14.4 Å². The molecule has 4 rings (SSSR count). The second kappa shape index (κ2) is 9.47. The lowest BCUT2D eigenvalue weighted by Gasteiger charge is -2.30. The normalized spacial score (nSPS) is 18.6. The third-order valence-corrected chi connectivity index (χ3v) is 8.34. The summed E-state index contributed by atoms with van der Waals surface area (Å²) < 4.78 is 38.3. The summed E-state index contributed by atoms with van der Waals surface area (Å²) in [7, 11) is -3.78. The molecule has 3 heterocycles. The summed E-state index contributed by atoms with van der Waals surface area (Å²) in [4.78, 5) is 27.8. The van der Waals surface area contributed by atoms with E-state index in [0.29, 0.717) is 45.0 Å². The number of rotatable bonds is 6. The summed E-state index contributed by atoms with van der Waals surface area (Å²) in [6, 6.07) is 10.2. The van der Waals surface area contributed by atoms with Gasteiger partial charge in [0.2, 0.25) is 16.1 Å². The van der Waals surface area contributed by atoms with Crippen LogP contribution in [-0.2, 0) is 24.3 Å². The Kier molecular flexibility index (Phi) is 6.71. The van der Waals surface area contributed by atoms with Gasteiger partial charge in [-0.15, -0.1) is 11.3 Å². The molecule has 0 aliphatic carbocycles. The summed E-state index contributed by atoms with van der Waals surface area (Å²) in [6.07, 6.45) is 0.442. The van der Waals surface area contributed by atoms with Crippen LogP contribution in [0.4, 0.5) is 0 Å². The van der Waals surface area contributed by atoms with Crippen molar-refractivity contribution in [3.63, 3.8) is 0 Å². The highest BCUT2D eigenvalue weighted by Crippen LogP contribution is 2.30. The Bertz CT molecular complexity index is 1030. The van der Waals surface area contributed by atoms with E-state index in [4.69, 9.17) is 9.47 Å². The first-order chi connectivity index (χ1) is 15.0. The summed E-state index contributed by atoms with van der Waals surface area (Å²) in [5.74, 6) is -1.16. The van der Waals surface area contributed by atoms with Gasteiger partial charge in [-0.2, -0.15) is 4.31 Å². The van der Waals surface area contributed by atoms with Crippen LogP contribution in [0.5, 0.6) is 0 Å². The van der Waals surface area contributed by atoms with Crippen molar-refractivity contribution in [3.05, 3.63) is 52.2 Å². The van der Waals surface area contributed by atoms with Crippen LogP contribution < -0.4 is 0 Å². The Balaban J connectivity index is 1.60. The number of carbonyl (C=O) groups excluding carboxylic acids is 2. The topological polar surface area (TPSA) is 93.2 Å². The predicted molar refractivity (Wildman–Crippen MR) is 114 cm³/mol. The van der Waals surface area contributed by atoms with E-state index < -0.39 is 22.1 Å². The fraction of sp³-hybridized carbons (Fsp3) is 0.429. The lowest BCUT2D eigenvalue weighted by atomic mass is 10.1. The lowest BCUT2D eigenvalue weighted by molar-refractivity contribution is -0.145. The Morgan fingerprint density at radius 1 is 1.00 bits per heavy atom. The fourth-order valence-electron chi connectivity index (χ4n) is 3.72. The van der Waals surface area contributed by atoms with Gasteiger partial charge >= 0.3 is 5.97 Å². The van der Waals surface area contributed by atoms with Crippen molar-refractivity contribution in [1.82, 2.24) is 9.21 Å². The number of nitrogens with zero attached hydrogens (tertiary/aromatic N) is 2. The van der Waals surface area contributed by atoms with Crippen LogP contribution >= 0.6 is 11.3 Å². The number of esters is 1. The molecule has 0 radical (unpaired) electrons. The lowest BCUT2D eigenvalue weighted by Crippen LogP contribution is -2.44. The van der Waals surface area contributed by atoms with Crippen LogP contribution in [0.25, 0.3) is 0 Å². The highest BCUT2D eigenvalue weighted by Gasteiger charge is 2.35. The third-order valence-electron chi connectivity index (χ3n) is 5.37. The second-order valence-corrected chi connectivity index (χ2v) is 10.2. The molecular formula is C21H24N2O6S2. The molecule has 1 atom stereocenters. The molecule has 2 aliphatic rings. The molecule has 0 spiro atoms. The zero-order valence-electron chi connectivity index (χ0n) is 16.9. The number of benzene rings is 1. The first-order valence-corrected chi connectivity index (χ1v) is 12.5. The average Bonchev–Trinajstić information content (AvgIpc) is 3.51. The minimum atomic E-state index is -3.78. The third kappa shape index (κ3) is 4.67. The second-order valence-electron chi connectivity index (χ2n) is 7.36. The molecule has 8 nitrogen and oxygen atoms in total. The van der Waals surface area contributed by atoms with E-state index in [0.717, 1.165) is 24.2 Å². The Morgan fingerprint density at radius 2 is 1.68 bits per heavy atom. The zero-order valence-corrected chi connectivity index (χ0v) is 18.6. The first-order valence-electron chi connectivity index (χ1n) is 10.2. The molecule has 166 valence electrons. The van der Waals surface area contributed by atoms with Gasteiger partial charge in [-0.05, 0) is 24.3 Å². The number of thiophene rings is 1. The fourth-order valence-corrected chi connectivity index (χ4v) is 6.51. The van der Waals surface area contributed by atoms with Crippen molar-refractivity contribution in [3.8, 4) is 0 Å². The SMILES string of the molecule is O=C(OC(C(=O)N1CCOCC1)c1ccccc1)c1sccc1S(=O)(=O)N1CCCC1. The van der Waals surface area contributed by atoms with Crippen LogP contribution in [0, 0.1) is 0 Å². The number of amides is 1. The van der Waals surface area contributed by atoms with E-state index in [1.165, 1.54) is 10.4 Å². The van der Waals surface area contributed by atoms with Crippen LogP contribution in [0.15, 0.2) is 46.7 Å². The number of morpholine rings is 1. The van der Waals surface area contributed by atoms with Crippen molar-refractivity contribution >= 4 is 33.2 Å². The molecule has 2 aromatic rings. The molecule has 31 heavy (non-hydrogen) atoms. The summed E-state index contributed by atoms with van der Waals surface area (Å²) in [5.41, 5.74) is 0.535. The maximum absolute atomic E-state index is 13.2. The van der Waals surface area contributed by atoms with Crippen LogP contribution in [0.3, 0.4) is 0 Å². The Morgan fingerprint density at radius 3 is 2.35 bits per heavy atom. The molecule has 1 aromatic heterocycles. The van der Waals surface area contributed by atoms with Crippen molar-refractivity contribution in [2.45, 2.75) is 23.8 Å². The molecule has 0 bridgehead atoms. The van der Waals surface area contributed by atoms with E-state index in [9.17, 15) is 18.0 Å². The number of ether oxygens (including phenoxy) is 2. The van der Waals surface area contributed by atoms with Gasteiger partial charge in [0, 0.05) is 31.7 Å². The van der Waals surface area contributed by atoms with Gasteiger partial charge in [0.15, 0.2) is 0 Å². The van der Waals surface area contributed by atoms with Crippen LogP contribution in [0.2, 0.25) is 0 Å². The van der Waals surface area contributed by atoms with E-state index in [1.54, 1.807) is 34.5 Å². The van der Waals surface area contributed by atoms with Crippen molar-refractivity contribution in [2.24, 2.45) is 0 Å². The molecule has 2 fully saturated rings. The predicted octanol–water partition coefficient (Wildman–Crippen LogP) is 2.29. The smallest absolute Gasteiger partial charge is 0.350 e. The molecule has 0 N–H and O–H groups in total. The van der Waals surface area contributed by atoms with Crippen molar-refractivity contribution in [2.75, 3.05) is 39.4 Å². The number of sulfonamides is 1. The number of hydrogen-bond acceptors (Lipinski definition) is 7. The summed E-state index contributed by atoms with van der Waals surface area (Å²) >= 11 is 1.00. The largest absolute Gasteiger partial charge is 0.443 e. The number of hydrogen-bond donors (Lipinski definition) is 0. The van der Waals surface area contributed by atoms with Gasteiger partial charge in [0.05, 0.1) is 13.2 Å². The van der Waals surface area contributed by atoms with Crippen molar-refractivity contribution in [1.29, 1.82) is 0 Å². The monoisotopic (exact) mass is 464 g/mol. The molecule has 0 saturated carbocycles. The maximum atomic E-state index is 13.2. The highest BCUT2D eigenvalue weighted by atomic mass is 32.2. The quantitative estimate of drug-likeness (QED) is 0.609. The van der Waals surface area contributed by atoms with Gasteiger partial charge in [0.25, 0.3) is 5.91 Å². The molecule has 1 amide bonds. The first kappa shape index (κ1) is 21.9. The highest BCUT2D eigenvalue weighted by molar-refractivity contribution is 7.89. The van der Waals surface area contributed by atoms with E-state index in [2.05, 4.69) is 0 Å². The minimum absolute atomic E-state index is 0.0115. The minimum Gasteiger partial charge on any atom is -0.443 e. The van der Waals surface area contributed by atoms with E-state index >= 15 is 0 Å². The van der Waals surface area contributed by atoms with E-state index in [-0.39, 0.29) is 15.7 Å². The standard InChI is InChI=1S/C21H24N2O6S2/c24-20(22-11-13-28-14-12-22)18(16-6-2-1-3-7-16)29-21(25)19-17(8-15-30-19)31(26,27)23-9-4-5-10-23/h1-3,6-8,15,18H,4-5,9-14H2. The molecule has 2 saturated heterocycles. The maximum Gasteiger partial charge on any atom is 0.350 e. The van der Waals surface area contributed by atoms with E-state index in [1.807, 2.05) is 6.07 Å². The average molecular weight is 465 g/mol. The Labute approximate surface area is 185 Å². The van der Waals surface area contributed by atoms with Gasteiger partial charge in [-0.3, -0.25) is 4.79 Å². The number of carbonyl (C=O) groups is 2. The zero-order chi connectivity index (χ0) is 21.8. The van der Waals surface area contributed by atoms with Crippen LogP contribution in [0.1, 0.15) is 34.2 Å². The van der Waals surface area contributed by atoms with Crippen LogP contribution in [-0.4, -0.2) is 68.9 Å². The summed E-state index contributed by atoms with van der Waals surface area (Å²) in [5, 5.41) is 1.56. The molecular weight excluding hydrogens is 440 g/mol. The van der Waals surface area contributed by atoms with Gasteiger partial charge in [0.1, 0.15) is 9.77 Å². The molecule has 2 aliphatic heterocycles. The molecule has 1 aromatic carbocycles. The molecule has 10 heteroatoms. The summed E-state index contributed by atoms with van der Waals surface area (Å²) in [6.45, 7) is 2.54. The molecule has 1 unspecified atom stereocenters.